The minimum absolute atomic E-state index is 0.176. The maximum absolute atomic E-state index is 9.84. The summed E-state index contributed by atoms with van der Waals surface area (Å²) >= 11 is 0. The number of carbonyl (C=O) groups is 1. The monoisotopic (exact) mass is 103 g/mol. The van der Waals surface area contributed by atoms with Crippen molar-refractivity contribution < 1.29 is 4.79 Å². The Morgan fingerprint density at radius 1 is 1.83 bits per heavy atom. The first-order valence-electron chi connectivity index (χ1n) is 2.05. The quantitative estimate of drug-likeness (QED) is 0.431. The molecule has 0 aliphatic rings. The molecule has 0 aliphatic heterocycles. The molecule has 0 aromatic heterocycles. The van der Waals surface area contributed by atoms with Crippen LogP contribution in [0.1, 0.15) is 6.42 Å². The molecule has 0 heterocycles. The lowest BCUT2D eigenvalue weighted by molar-refractivity contribution is -0.117. The van der Waals surface area contributed by atoms with Gasteiger partial charge in [0.1, 0.15) is 0 Å². The van der Waals surface area contributed by atoms with Gasteiger partial charge in [0.15, 0.2) is 0 Å². The molecule has 0 atom stereocenters. The first kappa shape index (κ1) is 5.69. The first-order valence-corrected chi connectivity index (χ1v) is 3.47. The lowest BCUT2D eigenvalue weighted by Crippen LogP contribution is -2.08. The van der Waals surface area contributed by atoms with Gasteiger partial charge in [0, 0.05) is 16.7 Å². The van der Waals surface area contributed by atoms with Gasteiger partial charge in [-0.25, -0.2) is 0 Å². The topological polar surface area (TPSA) is 43.1 Å². The summed E-state index contributed by atoms with van der Waals surface area (Å²) in [7, 11) is 1.09. The number of nitrogens with two attached hydrogens (primary N) is 1. The van der Waals surface area contributed by atoms with Crippen LogP contribution in [0.15, 0.2) is 0 Å². The Bertz CT molecular complexity index is 54.8. The highest BCUT2D eigenvalue weighted by molar-refractivity contribution is 6.09. The van der Waals surface area contributed by atoms with Crippen LogP contribution in [-0.2, 0) is 4.79 Å². The molecule has 0 aliphatic carbocycles. The van der Waals surface area contributed by atoms with Gasteiger partial charge >= 0.3 is 0 Å². The van der Waals surface area contributed by atoms with Crippen LogP contribution in [0.5, 0.6) is 0 Å². The number of rotatable bonds is 2. The molecule has 0 unspecified atom stereocenters. The molecule has 0 saturated heterocycles. The highest BCUT2D eigenvalue weighted by Crippen LogP contribution is 1.77. The fraction of sp³-hybridized carbons (Fsp3) is 0.667. The van der Waals surface area contributed by atoms with Crippen LogP contribution in [0.25, 0.3) is 0 Å². The molecule has 0 bridgehead atoms. The van der Waals surface area contributed by atoms with Gasteiger partial charge in [-0.05, 0) is 0 Å². The van der Waals surface area contributed by atoms with E-state index in [2.05, 4.69) is 0 Å². The van der Waals surface area contributed by atoms with Gasteiger partial charge in [-0.15, -0.1) is 0 Å². The molecule has 0 rings (SSSR count). The molecule has 3 heteroatoms. The lowest BCUT2D eigenvalue weighted by atomic mass is 10.5. The molecule has 0 saturated carbocycles. The van der Waals surface area contributed by atoms with Crippen LogP contribution in [0.2, 0.25) is 6.04 Å². The van der Waals surface area contributed by atoms with Gasteiger partial charge in [-0.1, -0.05) is 6.04 Å². The van der Waals surface area contributed by atoms with Gasteiger partial charge in [-0.2, -0.15) is 0 Å². The number of hydrogen-bond acceptors (Lipinski definition) is 1. The molecule has 0 radical (unpaired) electrons. The summed E-state index contributed by atoms with van der Waals surface area (Å²) in [4.78, 5) is 9.84. The fourth-order valence-corrected chi connectivity index (χ4v) is 0.739. The van der Waals surface area contributed by atoms with Gasteiger partial charge < -0.3 is 5.73 Å². The Hall–Kier alpha value is -0.313. The normalized spacial score (nSPS) is 8.67. The molecule has 0 fully saturated rings. The first-order chi connectivity index (χ1) is 2.77. The molecule has 1 amide bonds. The smallest absolute Gasteiger partial charge is 0.217 e. The second-order valence-electron chi connectivity index (χ2n) is 1.22. The van der Waals surface area contributed by atoms with Crippen LogP contribution in [0.3, 0.4) is 0 Å². The van der Waals surface area contributed by atoms with E-state index in [0.717, 1.165) is 16.3 Å². The summed E-state index contributed by atoms with van der Waals surface area (Å²) in [6.07, 6.45) is 0.576. The van der Waals surface area contributed by atoms with Crippen LogP contribution >= 0.6 is 0 Å². The number of amides is 1. The summed E-state index contributed by atoms with van der Waals surface area (Å²) in [6.45, 7) is 0. The summed E-state index contributed by atoms with van der Waals surface area (Å²) in [5.41, 5.74) is 4.79. The van der Waals surface area contributed by atoms with Crippen molar-refractivity contribution in [2.75, 3.05) is 0 Å². The maximum atomic E-state index is 9.84. The largest absolute Gasteiger partial charge is 0.370 e. The molecular weight excluding hydrogens is 94.1 g/mol. The summed E-state index contributed by atoms with van der Waals surface area (Å²) < 4.78 is 0. The van der Waals surface area contributed by atoms with Crippen LogP contribution in [-0.4, -0.2) is 16.1 Å². The van der Waals surface area contributed by atoms with E-state index in [-0.39, 0.29) is 5.91 Å². The van der Waals surface area contributed by atoms with Crippen molar-refractivity contribution in [3.8, 4) is 0 Å². The molecule has 0 aromatic rings. The minimum atomic E-state index is -0.176. The Labute approximate surface area is 40.1 Å². The Morgan fingerprint density at radius 2 is 2.33 bits per heavy atom. The van der Waals surface area contributed by atoms with E-state index in [1.54, 1.807) is 0 Å². The minimum Gasteiger partial charge on any atom is -0.370 e. The van der Waals surface area contributed by atoms with Gasteiger partial charge in [0.2, 0.25) is 5.91 Å². The van der Waals surface area contributed by atoms with Crippen molar-refractivity contribution in [2.45, 2.75) is 12.5 Å². The molecule has 2 N–H and O–H groups in total. The SMILES string of the molecule is NC(=O)CC[SiH3]. The van der Waals surface area contributed by atoms with E-state index in [1.165, 1.54) is 0 Å². The van der Waals surface area contributed by atoms with E-state index in [9.17, 15) is 4.79 Å². The predicted octanol–water partition coefficient (Wildman–Crippen LogP) is -1.35. The van der Waals surface area contributed by atoms with Gasteiger partial charge in [0.25, 0.3) is 0 Å². The van der Waals surface area contributed by atoms with E-state index >= 15 is 0 Å². The summed E-state index contributed by atoms with van der Waals surface area (Å²) in [6, 6.07) is 0.995. The number of carbonyl (C=O) groups excluding carboxylic acids is 1. The second-order valence-corrected chi connectivity index (χ2v) is 2.22. The van der Waals surface area contributed by atoms with Gasteiger partial charge in [-0.3, -0.25) is 4.79 Å². The average Bonchev–Trinajstić information content (AvgIpc) is 1.35. The Balaban J connectivity index is 2.83. The molecule has 6 heavy (non-hydrogen) atoms. The highest BCUT2D eigenvalue weighted by Gasteiger charge is 1.84. The summed E-state index contributed by atoms with van der Waals surface area (Å²) in [5.74, 6) is -0.176. The van der Waals surface area contributed by atoms with Crippen molar-refractivity contribution in [2.24, 2.45) is 5.73 Å². The lowest BCUT2D eigenvalue weighted by Gasteiger charge is -1.81. The average molecular weight is 103 g/mol. The van der Waals surface area contributed by atoms with Crippen molar-refractivity contribution in [3.63, 3.8) is 0 Å². The molecule has 36 valence electrons. The van der Waals surface area contributed by atoms with E-state index in [0.29, 0.717) is 6.42 Å². The van der Waals surface area contributed by atoms with Crippen LogP contribution in [0.4, 0.5) is 0 Å². The third-order valence-electron chi connectivity index (χ3n) is 0.496. The predicted molar refractivity (Wildman–Crippen MR) is 28.6 cm³/mol. The standard InChI is InChI=1S/C3H9NOSi/c4-3(5)1-2-6/h1-2H2,6H3,(H2,4,5). The van der Waals surface area contributed by atoms with E-state index < -0.39 is 0 Å². The third kappa shape index (κ3) is 3.69. The zero-order chi connectivity index (χ0) is 4.99. The molecule has 0 spiro atoms. The van der Waals surface area contributed by atoms with Crippen molar-refractivity contribution in [3.05, 3.63) is 0 Å². The van der Waals surface area contributed by atoms with E-state index in [4.69, 9.17) is 5.73 Å². The molecule has 0 aromatic carbocycles. The number of hydrogen-bond donors (Lipinski definition) is 1. The van der Waals surface area contributed by atoms with Crippen LogP contribution < -0.4 is 5.73 Å². The Kier molecular flexibility index (Phi) is 2.75. The van der Waals surface area contributed by atoms with Crippen molar-refractivity contribution >= 4 is 16.1 Å². The van der Waals surface area contributed by atoms with Crippen molar-refractivity contribution in [1.29, 1.82) is 0 Å². The second kappa shape index (κ2) is 2.90. The maximum Gasteiger partial charge on any atom is 0.217 e. The van der Waals surface area contributed by atoms with Crippen molar-refractivity contribution in [1.82, 2.24) is 0 Å². The number of primary amides is 1. The molecule has 2 nitrogen and oxygen atoms in total. The Morgan fingerprint density at radius 3 is 2.33 bits per heavy atom. The third-order valence-corrected chi connectivity index (χ3v) is 0.996. The zero-order valence-electron chi connectivity index (χ0n) is 3.90. The zero-order valence-corrected chi connectivity index (χ0v) is 5.90. The highest BCUT2D eigenvalue weighted by atomic mass is 28.1. The van der Waals surface area contributed by atoms with Crippen LogP contribution in [0, 0.1) is 0 Å². The summed E-state index contributed by atoms with van der Waals surface area (Å²) in [5, 5.41) is 0. The molecular formula is C3H9NOSi. The van der Waals surface area contributed by atoms with Gasteiger partial charge in [0.05, 0.1) is 0 Å². The van der Waals surface area contributed by atoms with E-state index in [1.807, 2.05) is 0 Å². The fourth-order valence-electron chi connectivity index (χ4n) is 0.246.